The number of ether oxygens (including phenoxy) is 1. The Hall–Kier alpha value is -2.11. The molecular formula is C16H18ClN3O2. The molecule has 116 valence electrons. The molecule has 5 nitrogen and oxygen atoms in total. The zero-order valence-corrected chi connectivity index (χ0v) is 13.3. The second-order valence-corrected chi connectivity index (χ2v) is 5.20. The van der Waals surface area contributed by atoms with E-state index >= 15 is 0 Å². The van der Waals surface area contributed by atoms with Crippen molar-refractivity contribution in [1.82, 2.24) is 4.98 Å². The number of methoxy groups -OCH3 is 1. The fraction of sp³-hybridized carbons (Fsp3) is 0.250. The van der Waals surface area contributed by atoms with Crippen molar-refractivity contribution in [3.8, 4) is 0 Å². The summed E-state index contributed by atoms with van der Waals surface area (Å²) in [5.41, 5.74) is 2.82. The summed E-state index contributed by atoms with van der Waals surface area (Å²) in [6, 6.07) is 8.80. The highest BCUT2D eigenvalue weighted by molar-refractivity contribution is 6.30. The van der Waals surface area contributed by atoms with Crippen LogP contribution in [0.4, 0.5) is 11.4 Å². The summed E-state index contributed by atoms with van der Waals surface area (Å²) in [7, 11) is 1.64. The van der Waals surface area contributed by atoms with E-state index in [4.69, 9.17) is 16.3 Å². The van der Waals surface area contributed by atoms with Gasteiger partial charge in [0.25, 0.3) is 5.91 Å². The van der Waals surface area contributed by atoms with Gasteiger partial charge < -0.3 is 15.4 Å². The number of rotatable bonds is 6. The van der Waals surface area contributed by atoms with E-state index in [-0.39, 0.29) is 5.91 Å². The summed E-state index contributed by atoms with van der Waals surface area (Å²) < 4.78 is 4.96. The zero-order chi connectivity index (χ0) is 15.9. The average Bonchev–Trinajstić information content (AvgIpc) is 2.51. The van der Waals surface area contributed by atoms with Gasteiger partial charge in [0.1, 0.15) is 5.69 Å². The van der Waals surface area contributed by atoms with E-state index in [0.29, 0.717) is 23.9 Å². The minimum absolute atomic E-state index is 0.256. The lowest BCUT2D eigenvalue weighted by molar-refractivity contribution is 0.102. The van der Waals surface area contributed by atoms with Crippen LogP contribution in [0, 0.1) is 6.92 Å². The molecule has 1 heterocycles. The first kappa shape index (κ1) is 16.3. The predicted molar refractivity (Wildman–Crippen MR) is 88.7 cm³/mol. The monoisotopic (exact) mass is 319 g/mol. The quantitative estimate of drug-likeness (QED) is 0.801. The summed E-state index contributed by atoms with van der Waals surface area (Å²) in [4.78, 5) is 16.3. The van der Waals surface area contributed by atoms with Crippen LogP contribution in [0.3, 0.4) is 0 Å². The number of hydrogen-bond donors (Lipinski definition) is 2. The highest BCUT2D eigenvalue weighted by atomic mass is 35.5. The Morgan fingerprint density at radius 3 is 2.77 bits per heavy atom. The molecule has 0 saturated heterocycles. The van der Waals surface area contributed by atoms with Gasteiger partial charge in [0, 0.05) is 24.4 Å². The number of amides is 1. The maximum absolute atomic E-state index is 12.2. The van der Waals surface area contributed by atoms with Gasteiger partial charge in [0.2, 0.25) is 0 Å². The molecule has 0 aliphatic carbocycles. The van der Waals surface area contributed by atoms with Crippen molar-refractivity contribution >= 4 is 28.9 Å². The van der Waals surface area contributed by atoms with Gasteiger partial charge >= 0.3 is 0 Å². The number of nitrogens with one attached hydrogen (secondary N) is 2. The van der Waals surface area contributed by atoms with Crippen LogP contribution in [0.1, 0.15) is 16.1 Å². The third kappa shape index (κ3) is 4.44. The molecule has 0 aliphatic rings. The summed E-state index contributed by atoms with van der Waals surface area (Å²) >= 11 is 5.90. The Balaban J connectivity index is 2.00. The van der Waals surface area contributed by atoms with E-state index < -0.39 is 0 Å². The molecule has 0 bridgehead atoms. The number of anilines is 2. The Morgan fingerprint density at radius 1 is 1.32 bits per heavy atom. The maximum atomic E-state index is 12.2. The Morgan fingerprint density at radius 2 is 2.14 bits per heavy atom. The molecule has 0 atom stereocenters. The van der Waals surface area contributed by atoms with Crippen LogP contribution >= 0.6 is 11.6 Å². The van der Waals surface area contributed by atoms with Crippen LogP contribution in [-0.4, -0.2) is 31.2 Å². The number of carbonyl (C=O) groups excluding carboxylic acids is 1. The van der Waals surface area contributed by atoms with E-state index in [1.165, 1.54) is 0 Å². The van der Waals surface area contributed by atoms with Crippen molar-refractivity contribution in [2.75, 3.05) is 30.9 Å². The fourth-order valence-corrected chi connectivity index (χ4v) is 2.11. The standard InChI is InChI=1S/C16H18ClN3O2/c1-11-9-12(17)3-5-14(11)20-16(21)15-6-4-13(10-19-15)18-7-8-22-2/h3-6,9-10,18H,7-8H2,1-2H3,(H,20,21). The minimum atomic E-state index is -0.256. The lowest BCUT2D eigenvalue weighted by Gasteiger charge is -2.09. The number of benzene rings is 1. The van der Waals surface area contributed by atoms with Gasteiger partial charge in [-0.1, -0.05) is 11.6 Å². The van der Waals surface area contributed by atoms with Crippen molar-refractivity contribution in [2.24, 2.45) is 0 Å². The van der Waals surface area contributed by atoms with Crippen molar-refractivity contribution in [2.45, 2.75) is 6.92 Å². The average molecular weight is 320 g/mol. The van der Waals surface area contributed by atoms with Gasteiger partial charge in [0.05, 0.1) is 18.5 Å². The summed E-state index contributed by atoms with van der Waals surface area (Å²) in [5, 5.41) is 6.61. The molecule has 0 unspecified atom stereocenters. The molecule has 1 amide bonds. The van der Waals surface area contributed by atoms with Crippen LogP contribution in [0.15, 0.2) is 36.5 Å². The van der Waals surface area contributed by atoms with Gasteiger partial charge in [-0.2, -0.15) is 0 Å². The topological polar surface area (TPSA) is 63.2 Å². The molecule has 2 N–H and O–H groups in total. The Kier molecular flexibility index (Phi) is 5.75. The van der Waals surface area contributed by atoms with Gasteiger partial charge in [-0.15, -0.1) is 0 Å². The molecule has 1 aromatic carbocycles. The molecule has 6 heteroatoms. The molecular weight excluding hydrogens is 302 g/mol. The Labute approximate surface area is 134 Å². The molecule has 0 aliphatic heterocycles. The minimum Gasteiger partial charge on any atom is -0.383 e. The highest BCUT2D eigenvalue weighted by Crippen LogP contribution is 2.20. The molecule has 2 rings (SSSR count). The van der Waals surface area contributed by atoms with E-state index in [1.54, 1.807) is 37.6 Å². The van der Waals surface area contributed by atoms with Crippen LogP contribution < -0.4 is 10.6 Å². The summed E-state index contributed by atoms with van der Waals surface area (Å²) in [6.07, 6.45) is 1.62. The van der Waals surface area contributed by atoms with E-state index in [1.807, 2.05) is 13.0 Å². The molecule has 2 aromatic rings. The second kappa shape index (κ2) is 7.77. The third-order valence-corrected chi connectivity index (χ3v) is 3.30. The van der Waals surface area contributed by atoms with Crippen molar-refractivity contribution in [1.29, 1.82) is 0 Å². The lowest BCUT2D eigenvalue weighted by Crippen LogP contribution is -2.15. The van der Waals surface area contributed by atoms with E-state index in [0.717, 1.165) is 16.9 Å². The van der Waals surface area contributed by atoms with Crippen molar-refractivity contribution < 1.29 is 9.53 Å². The number of carbonyl (C=O) groups is 1. The van der Waals surface area contributed by atoms with Crippen LogP contribution in [0.25, 0.3) is 0 Å². The number of hydrogen-bond acceptors (Lipinski definition) is 4. The third-order valence-electron chi connectivity index (χ3n) is 3.07. The van der Waals surface area contributed by atoms with Gasteiger partial charge in [-0.05, 0) is 42.8 Å². The second-order valence-electron chi connectivity index (χ2n) is 4.77. The maximum Gasteiger partial charge on any atom is 0.274 e. The molecule has 22 heavy (non-hydrogen) atoms. The number of aryl methyl sites for hydroxylation is 1. The van der Waals surface area contributed by atoms with Gasteiger partial charge in [-0.25, -0.2) is 4.98 Å². The van der Waals surface area contributed by atoms with Crippen molar-refractivity contribution in [3.63, 3.8) is 0 Å². The predicted octanol–water partition coefficient (Wildman–Crippen LogP) is 3.35. The molecule has 0 radical (unpaired) electrons. The molecule has 0 saturated carbocycles. The number of pyridine rings is 1. The van der Waals surface area contributed by atoms with Gasteiger partial charge in [0.15, 0.2) is 0 Å². The number of nitrogens with zero attached hydrogens (tertiary/aromatic N) is 1. The van der Waals surface area contributed by atoms with Crippen LogP contribution in [0.5, 0.6) is 0 Å². The van der Waals surface area contributed by atoms with Crippen LogP contribution in [0.2, 0.25) is 5.02 Å². The van der Waals surface area contributed by atoms with E-state index in [2.05, 4.69) is 15.6 Å². The zero-order valence-electron chi connectivity index (χ0n) is 12.5. The highest BCUT2D eigenvalue weighted by Gasteiger charge is 2.09. The summed E-state index contributed by atoms with van der Waals surface area (Å²) in [6.45, 7) is 3.18. The number of aromatic nitrogens is 1. The first-order valence-corrected chi connectivity index (χ1v) is 7.24. The fourth-order valence-electron chi connectivity index (χ4n) is 1.88. The van der Waals surface area contributed by atoms with Crippen LogP contribution in [-0.2, 0) is 4.74 Å². The smallest absolute Gasteiger partial charge is 0.274 e. The molecule has 1 aromatic heterocycles. The normalized spacial score (nSPS) is 10.3. The lowest BCUT2D eigenvalue weighted by atomic mass is 10.2. The summed E-state index contributed by atoms with van der Waals surface area (Å²) in [5.74, 6) is -0.256. The first-order valence-electron chi connectivity index (χ1n) is 6.86. The molecule has 0 fully saturated rings. The number of halogens is 1. The molecule has 0 spiro atoms. The van der Waals surface area contributed by atoms with Gasteiger partial charge in [-0.3, -0.25) is 4.79 Å². The SMILES string of the molecule is COCCNc1ccc(C(=O)Nc2ccc(Cl)cc2C)nc1. The van der Waals surface area contributed by atoms with Crippen molar-refractivity contribution in [3.05, 3.63) is 52.8 Å². The first-order chi connectivity index (χ1) is 10.6. The largest absolute Gasteiger partial charge is 0.383 e. The Bertz CT molecular complexity index is 644. The van der Waals surface area contributed by atoms with E-state index in [9.17, 15) is 4.79 Å².